The predicted molar refractivity (Wildman–Crippen MR) is 36.2 cm³/mol. The maximum absolute atomic E-state index is 8.89. The third-order valence-corrected chi connectivity index (χ3v) is 1.65. The predicted octanol–water partition coefficient (Wildman–Crippen LogP) is -0.400. The minimum Gasteiger partial charge on any atom is -0.364 e. The average molecular weight is 154 g/mol. The molecule has 0 amide bonds. The molecular weight excluding hydrogens is 142 g/mol. The summed E-state index contributed by atoms with van der Waals surface area (Å²) in [6.45, 7) is 0. The van der Waals surface area contributed by atoms with Gasteiger partial charge in [-0.15, -0.1) is 12.4 Å². The maximum Gasteiger partial charge on any atom is 0.178 e. The first-order valence-corrected chi connectivity index (χ1v) is 2.83. The van der Waals surface area contributed by atoms with Gasteiger partial charge in [0.1, 0.15) is 0 Å². The lowest BCUT2D eigenvalue weighted by atomic mass is 10.2. The largest absolute Gasteiger partial charge is 0.364 e. The fourth-order valence-corrected chi connectivity index (χ4v) is 0.999. The Labute approximate surface area is 60.3 Å². The SMILES string of the molecule is Cl.N[C@@H]1CCCC1(O)O. The Morgan fingerprint density at radius 2 is 2.00 bits per heavy atom. The van der Waals surface area contributed by atoms with Gasteiger partial charge in [-0.2, -0.15) is 0 Å². The molecule has 0 spiro atoms. The molecule has 0 radical (unpaired) electrons. The van der Waals surface area contributed by atoms with Gasteiger partial charge in [0, 0.05) is 6.42 Å². The molecule has 0 aromatic rings. The molecule has 0 aliphatic heterocycles. The monoisotopic (exact) mass is 153 g/mol. The Bertz CT molecular complexity index is 97.0. The van der Waals surface area contributed by atoms with Gasteiger partial charge in [0.25, 0.3) is 0 Å². The molecule has 1 aliphatic rings. The van der Waals surface area contributed by atoms with Crippen molar-refractivity contribution in [2.75, 3.05) is 0 Å². The lowest BCUT2D eigenvalue weighted by Gasteiger charge is -2.19. The first-order valence-electron chi connectivity index (χ1n) is 2.83. The van der Waals surface area contributed by atoms with Crippen LogP contribution in [-0.2, 0) is 0 Å². The minimum absolute atomic E-state index is 0. The van der Waals surface area contributed by atoms with E-state index >= 15 is 0 Å². The maximum atomic E-state index is 8.89. The Morgan fingerprint density at radius 3 is 2.11 bits per heavy atom. The normalized spacial score (nSPS) is 31.7. The van der Waals surface area contributed by atoms with Crippen molar-refractivity contribution in [2.45, 2.75) is 31.1 Å². The summed E-state index contributed by atoms with van der Waals surface area (Å²) >= 11 is 0. The van der Waals surface area contributed by atoms with Crippen molar-refractivity contribution in [1.29, 1.82) is 0 Å². The van der Waals surface area contributed by atoms with Crippen LogP contribution in [-0.4, -0.2) is 22.0 Å². The van der Waals surface area contributed by atoms with Crippen molar-refractivity contribution in [3.8, 4) is 0 Å². The molecule has 1 saturated carbocycles. The highest BCUT2D eigenvalue weighted by Crippen LogP contribution is 2.25. The quantitative estimate of drug-likeness (QED) is 0.415. The van der Waals surface area contributed by atoms with Gasteiger partial charge < -0.3 is 15.9 Å². The summed E-state index contributed by atoms with van der Waals surface area (Å²) in [5.74, 6) is -1.57. The Balaban J connectivity index is 0.000000640. The second kappa shape index (κ2) is 2.84. The molecule has 1 aliphatic carbocycles. The van der Waals surface area contributed by atoms with Gasteiger partial charge >= 0.3 is 0 Å². The average Bonchev–Trinajstić information content (AvgIpc) is 1.86. The molecule has 0 unspecified atom stereocenters. The molecule has 0 bridgehead atoms. The van der Waals surface area contributed by atoms with Crippen LogP contribution in [0.2, 0.25) is 0 Å². The molecule has 9 heavy (non-hydrogen) atoms. The Kier molecular flexibility index (Phi) is 2.89. The van der Waals surface area contributed by atoms with Gasteiger partial charge in [0.05, 0.1) is 6.04 Å². The van der Waals surface area contributed by atoms with Gasteiger partial charge in [-0.1, -0.05) is 0 Å². The second-order valence-electron chi connectivity index (χ2n) is 2.38. The second-order valence-corrected chi connectivity index (χ2v) is 2.38. The summed E-state index contributed by atoms with van der Waals surface area (Å²) in [7, 11) is 0. The zero-order valence-electron chi connectivity index (χ0n) is 5.08. The van der Waals surface area contributed by atoms with Gasteiger partial charge in [0.15, 0.2) is 5.79 Å². The van der Waals surface area contributed by atoms with Crippen LogP contribution < -0.4 is 5.73 Å². The van der Waals surface area contributed by atoms with E-state index in [-0.39, 0.29) is 12.4 Å². The molecule has 0 heterocycles. The molecule has 3 nitrogen and oxygen atoms in total. The van der Waals surface area contributed by atoms with Crippen molar-refractivity contribution >= 4 is 12.4 Å². The molecule has 1 rings (SSSR count). The van der Waals surface area contributed by atoms with E-state index in [1.165, 1.54) is 0 Å². The number of aliphatic hydroxyl groups is 2. The zero-order valence-corrected chi connectivity index (χ0v) is 5.90. The highest BCUT2D eigenvalue weighted by molar-refractivity contribution is 5.85. The number of halogens is 1. The molecule has 0 aromatic carbocycles. The number of hydrogen-bond donors (Lipinski definition) is 3. The minimum atomic E-state index is -1.57. The fourth-order valence-electron chi connectivity index (χ4n) is 0.999. The summed E-state index contributed by atoms with van der Waals surface area (Å²) in [5.41, 5.74) is 5.31. The molecule has 0 saturated heterocycles. The van der Waals surface area contributed by atoms with E-state index in [0.717, 1.165) is 12.8 Å². The molecule has 0 aromatic heterocycles. The molecule has 1 atom stereocenters. The van der Waals surface area contributed by atoms with Crippen molar-refractivity contribution in [2.24, 2.45) is 5.73 Å². The van der Waals surface area contributed by atoms with Gasteiger partial charge in [-0.25, -0.2) is 0 Å². The smallest absolute Gasteiger partial charge is 0.178 e. The number of hydrogen-bond acceptors (Lipinski definition) is 3. The highest BCUT2D eigenvalue weighted by atomic mass is 35.5. The van der Waals surface area contributed by atoms with Crippen molar-refractivity contribution in [3.63, 3.8) is 0 Å². The van der Waals surface area contributed by atoms with E-state index in [2.05, 4.69) is 0 Å². The Morgan fingerprint density at radius 1 is 1.44 bits per heavy atom. The molecular formula is C5H12ClNO2. The van der Waals surface area contributed by atoms with E-state index < -0.39 is 11.8 Å². The third-order valence-electron chi connectivity index (χ3n) is 1.65. The summed E-state index contributed by atoms with van der Waals surface area (Å²) in [6, 6.07) is -0.428. The first kappa shape index (κ1) is 9.17. The van der Waals surface area contributed by atoms with Crippen LogP contribution in [0.4, 0.5) is 0 Å². The van der Waals surface area contributed by atoms with Crippen LogP contribution in [0.25, 0.3) is 0 Å². The summed E-state index contributed by atoms with van der Waals surface area (Å²) in [5, 5.41) is 17.8. The zero-order chi connectivity index (χ0) is 6.20. The fraction of sp³-hybridized carbons (Fsp3) is 1.00. The van der Waals surface area contributed by atoms with Crippen LogP contribution in [0, 0.1) is 0 Å². The van der Waals surface area contributed by atoms with Crippen LogP contribution in [0.1, 0.15) is 19.3 Å². The van der Waals surface area contributed by atoms with Crippen LogP contribution >= 0.6 is 12.4 Å². The first-order chi connectivity index (χ1) is 3.63. The van der Waals surface area contributed by atoms with Crippen molar-refractivity contribution in [1.82, 2.24) is 0 Å². The summed E-state index contributed by atoms with van der Waals surface area (Å²) in [6.07, 6.45) is 1.98. The van der Waals surface area contributed by atoms with E-state index in [4.69, 9.17) is 15.9 Å². The van der Waals surface area contributed by atoms with Gasteiger partial charge in [-0.3, -0.25) is 0 Å². The molecule has 4 heteroatoms. The number of nitrogens with two attached hydrogens (primary N) is 1. The van der Waals surface area contributed by atoms with E-state index in [9.17, 15) is 0 Å². The van der Waals surface area contributed by atoms with E-state index in [1.54, 1.807) is 0 Å². The van der Waals surface area contributed by atoms with E-state index in [1.807, 2.05) is 0 Å². The third kappa shape index (κ3) is 1.79. The lowest BCUT2D eigenvalue weighted by molar-refractivity contribution is -0.163. The summed E-state index contributed by atoms with van der Waals surface area (Å²) in [4.78, 5) is 0. The van der Waals surface area contributed by atoms with Crippen molar-refractivity contribution in [3.05, 3.63) is 0 Å². The highest BCUT2D eigenvalue weighted by Gasteiger charge is 2.36. The van der Waals surface area contributed by atoms with Crippen LogP contribution in [0.5, 0.6) is 0 Å². The molecule has 1 fully saturated rings. The number of rotatable bonds is 0. The summed E-state index contributed by atoms with van der Waals surface area (Å²) < 4.78 is 0. The van der Waals surface area contributed by atoms with Gasteiger partial charge in [-0.05, 0) is 12.8 Å². The molecule has 56 valence electrons. The lowest BCUT2D eigenvalue weighted by Crippen LogP contribution is -2.42. The standard InChI is InChI=1S/C5H11NO2.ClH/c6-4-2-1-3-5(4,7)8;/h4,7-8H,1-3,6H2;1H/t4-;/m1./s1. The Hall–Kier alpha value is 0.170. The van der Waals surface area contributed by atoms with Gasteiger partial charge in [0.2, 0.25) is 0 Å². The molecule has 4 N–H and O–H groups in total. The van der Waals surface area contributed by atoms with Crippen LogP contribution in [0.3, 0.4) is 0 Å². The topological polar surface area (TPSA) is 66.5 Å². The van der Waals surface area contributed by atoms with Crippen molar-refractivity contribution < 1.29 is 10.2 Å². The van der Waals surface area contributed by atoms with E-state index in [0.29, 0.717) is 6.42 Å². The van der Waals surface area contributed by atoms with Crippen LogP contribution in [0.15, 0.2) is 0 Å².